The van der Waals surface area contributed by atoms with Gasteiger partial charge in [-0.2, -0.15) is 0 Å². The Balaban J connectivity index is 1.43. The first-order valence-corrected chi connectivity index (χ1v) is 12.6. The van der Waals surface area contributed by atoms with Crippen molar-refractivity contribution in [3.8, 4) is 17.0 Å². The van der Waals surface area contributed by atoms with Gasteiger partial charge in [0.2, 0.25) is 0 Å². The lowest BCUT2D eigenvalue weighted by molar-refractivity contribution is 0.0983. The van der Waals surface area contributed by atoms with Crippen LogP contribution in [0.25, 0.3) is 11.3 Å². The highest BCUT2D eigenvalue weighted by molar-refractivity contribution is 6.10. The van der Waals surface area contributed by atoms with E-state index in [1.807, 2.05) is 60.7 Å². The highest BCUT2D eigenvalue weighted by Gasteiger charge is 2.21. The Morgan fingerprint density at radius 3 is 2.30 bits per heavy atom. The van der Waals surface area contributed by atoms with Gasteiger partial charge in [0.1, 0.15) is 11.6 Å². The van der Waals surface area contributed by atoms with Crippen LogP contribution in [0.4, 0.5) is 15.8 Å². The summed E-state index contributed by atoms with van der Waals surface area (Å²) in [5.41, 5.74) is 4.07. The molecule has 1 aromatic heterocycles. The number of carbonyl (C=O) groups excluding carboxylic acids is 2. The van der Waals surface area contributed by atoms with Crippen molar-refractivity contribution in [3.63, 3.8) is 0 Å². The average molecular weight is 532 g/mol. The third-order valence-corrected chi connectivity index (χ3v) is 6.38. The molecule has 7 heteroatoms. The zero-order valence-electron chi connectivity index (χ0n) is 21.8. The van der Waals surface area contributed by atoms with E-state index in [9.17, 15) is 14.0 Å². The lowest BCUT2D eigenvalue weighted by atomic mass is 10.0. The van der Waals surface area contributed by atoms with Gasteiger partial charge in [0.15, 0.2) is 0 Å². The van der Waals surface area contributed by atoms with Crippen LogP contribution in [0.3, 0.4) is 0 Å². The Kier molecular flexibility index (Phi) is 7.92. The van der Waals surface area contributed by atoms with Gasteiger partial charge < -0.3 is 15.0 Å². The van der Waals surface area contributed by atoms with Crippen LogP contribution in [0.1, 0.15) is 26.3 Å². The van der Waals surface area contributed by atoms with Crippen LogP contribution in [-0.4, -0.2) is 23.9 Å². The van der Waals surface area contributed by atoms with Gasteiger partial charge in [-0.15, -0.1) is 0 Å². The third kappa shape index (κ3) is 5.89. The number of anilines is 2. The minimum absolute atomic E-state index is 0.288. The van der Waals surface area contributed by atoms with Crippen molar-refractivity contribution in [1.82, 2.24) is 4.98 Å². The molecule has 5 rings (SSSR count). The van der Waals surface area contributed by atoms with E-state index in [2.05, 4.69) is 10.3 Å². The monoisotopic (exact) mass is 531 g/mol. The SMILES string of the molecule is COc1cc(C(=O)N(Cc2ccccc2)c2ccc(F)cc2)ccc1NC(=O)c1ccccc1-c1ccccn1. The zero-order valence-corrected chi connectivity index (χ0v) is 21.8. The number of nitrogens with zero attached hydrogens (tertiary/aromatic N) is 2. The summed E-state index contributed by atoms with van der Waals surface area (Å²) < 4.78 is 19.2. The number of halogens is 1. The maximum absolute atomic E-state index is 13.7. The molecule has 0 aliphatic heterocycles. The van der Waals surface area contributed by atoms with Gasteiger partial charge in [-0.25, -0.2) is 4.39 Å². The van der Waals surface area contributed by atoms with E-state index < -0.39 is 0 Å². The number of pyridine rings is 1. The number of aromatic nitrogens is 1. The van der Waals surface area contributed by atoms with Gasteiger partial charge in [-0.05, 0) is 66.2 Å². The Labute approximate surface area is 231 Å². The molecule has 0 saturated carbocycles. The maximum Gasteiger partial charge on any atom is 0.258 e. The van der Waals surface area contributed by atoms with E-state index in [0.29, 0.717) is 39.5 Å². The summed E-state index contributed by atoms with van der Waals surface area (Å²) in [6, 6.07) is 32.9. The van der Waals surface area contributed by atoms with Gasteiger partial charge in [-0.1, -0.05) is 54.6 Å². The molecule has 0 aliphatic carbocycles. The quantitative estimate of drug-likeness (QED) is 0.234. The number of rotatable bonds is 8. The van der Waals surface area contributed by atoms with Crippen molar-refractivity contribution < 1.29 is 18.7 Å². The van der Waals surface area contributed by atoms with E-state index in [1.165, 1.54) is 19.2 Å². The van der Waals surface area contributed by atoms with E-state index >= 15 is 0 Å². The fourth-order valence-electron chi connectivity index (χ4n) is 4.37. The van der Waals surface area contributed by atoms with Crippen LogP contribution < -0.4 is 15.0 Å². The summed E-state index contributed by atoms with van der Waals surface area (Å²) in [4.78, 5) is 33.0. The fraction of sp³-hybridized carbons (Fsp3) is 0.0606. The number of ether oxygens (including phenoxy) is 1. The van der Waals surface area contributed by atoms with Crippen molar-refractivity contribution in [2.24, 2.45) is 0 Å². The first-order chi connectivity index (χ1) is 19.5. The summed E-state index contributed by atoms with van der Waals surface area (Å²) in [5.74, 6) is -0.696. The first-order valence-electron chi connectivity index (χ1n) is 12.6. The number of hydrogen-bond donors (Lipinski definition) is 1. The van der Waals surface area contributed by atoms with Crippen LogP contribution in [0.2, 0.25) is 0 Å². The van der Waals surface area contributed by atoms with Gasteiger partial charge in [0.05, 0.1) is 25.0 Å². The number of methoxy groups -OCH3 is 1. The second-order valence-electron chi connectivity index (χ2n) is 8.98. The Morgan fingerprint density at radius 1 is 0.850 bits per heavy atom. The molecule has 0 aliphatic rings. The molecule has 40 heavy (non-hydrogen) atoms. The molecule has 0 bridgehead atoms. The van der Waals surface area contributed by atoms with Crippen molar-refractivity contribution in [2.75, 3.05) is 17.3 Å². The molecule has 0 saturated heterocycles. The smallest absolute Gasteiger partial charge is 0.258 e. The van der Waals surface area contributed by atoms with Gasteiger partial charge in [0.25, 0.3) is 11.8 Å². The van der Waals surface area contributed by atoms with Gasteiger partial charge in [0, 0.05) is 28.6 Å². The highest BCUT2D eigenvalue weighted by Crippen LogP contribution is 2.30. The van der Waals surface area contributed by atoms with E-state index in [4.69, 9.17) is 4.74 Å². The summed E-state index contributed by atoms with van der Waals surface area (Å²) in [7, 11) is 1.47. The normalized spacial score (nSPS) is 10.6. The van der Waals surface area contributed by atoms with Crippen LogP contribution in [0.5, 0.6) is 5.75 Å². The lowest BCUT2D eigenvalue weighted by Crippen LogP contribution is -2.30. The van der Waals surface area contributed by atoms with Crippen molar-refractivity contribution in [2.45, 2.75) is 6.54 Å². The molecular weight excluding hydrogens is 505 g/mol. The standard InChI is InChI=1S/C33H26FN3O3/c1-40-31-21-24(33(39)37(22-23-9-3-2-4-10-23)26-17-15-25(34)16-18-26)14-19-30(31)36-32(38)28-12-6-5-11-27(28)29-13-7-8-20-35-29/h2-21H,22H2,1H3,(H,36,38). The molecule has 4 aromatic carbocycles. The fourth-order valence-corrected chi connectivity index (χ4v) is 4.37. The summed E-state index contributed by atoms with van der Waals surface area (Å²) >= 11 is 0. The second kappa shape index (κ2) is 12.0. The number of carbonyl (C=O) groups is 2. The molecule has 0 radical (unpaired) electrons. The summed E-state index contributed by atoms with van der Waals surface area (Å²) in [5, 5.41) is 2.90. The number of amides is 2. The number of benzene rings is 4. The third-order valence-electron chi connectivity index (χ3n) is 6.38. The average Bonchev–Trinajstić information content (AvgIpc) is 3.01. The Morgan fingerprint density at radius 2 is 1.57 bits per heavy atom. The molecule has 0 spiro atoms. The molecule has 1 N–H and O–H groups in total. The van der Waals surface area contributed by atoms with E-state index in [-0.39, 0.29) is 24.2 Å². The van der Waals surface area contributed by atoms with Crippen LogP contribution in [0.15, 0.2) is 121 Å². The van der Waals surface area contributed by atoms with Crippen molar-refractivity contribution in [1.29, 1.82) is 0 Å². The molecule has 5 aromatic rings. The molecule has 0 fully saturated rings. The lowest BCUT2D eigenvalue weighted by Gasteiger charge is -2.24. The highest BCUT2D eigenvalue weighted by atomic mass is 19.1. The molecule has 0 unspecified atom stereocenters. The predicted octanol–water partition coefficient (Wildman–Crippen LogP) is 7.00. The predicted molar refractivity (Wildman–Crippen MR) is 154 cm³/mol. The Hall–Kier alpha value is -5.30. The van der Waals surface area contributed by atoms with Crippen LogP contribution >= 0.6 is 0 Å². The molecule has 2 amide bonds. The molecule has 198 valence electrons. The molecule has 0 atom stereocenters. The van der Waals surface area contributed by atoms with E-state index in [1.54, 1.807) is 53.6 Å². The maximum atomic E-state index is 13.7. The number of hydrogen-bond acceptors (Lipinski definition) is 4. The van der Waals surface area contributed by atoms with Gasteiger partial charge >= 0.3 is 0 Å². The second-order valence-corrected chi connectivity index (χ2v) is 8.98. The largest absolute Gasteiger partial charge is 0.495 e. The zero-order chi connectivity index (χ0) is 27.9. The van der Waals surface area contributed by atoms with Crippen LogP contribution in [0, 0.1) is 5.82 Å². The number of nitrogens with one attached hydrogen (secondary N) is 1. The summed E-state index contributed by atoms with van der Waals surface area (Å²) in [6.07, 6.45) is 1.68. The van der Waals surface area contributed by atoms with Gasteiger partial charge in [-0.3, -0.25) is 14.6 Å². The first kappa shape index (κ1) is 26.3. The molecule has 1 heterocycles. The minimum Gasteiger partial charge on any atom is -0.495 e. The Bertz CT molecular complexity index is 1620. The minimum atomic E-state index is -0.387. The van der Waals surface area contributed by atoms with Crippen molar-refractivity contribution in [3.05, 3.63) is 144 Å². The molecular formula is C33H26FN3O3. The summed E-state index contributed by atoms with van der Waals surface area (Å²) in [6.45, 7) is 0.288. The molecule has 6 nitrogen and oxygen atoms in total. The van der Waals surface area contributed by atoms with E-state index in [0.717, 1.165) is 5.56 Å². The van der Waals surface area contributed by atoms with Crippen LogP contribution in [-0.2, 0) is 6.54 Å². The van der Waals surface area contributed by atoms with Crippen molar-refractivity contribution >= 4 is 23.2 Å². The topological polar surface area (TPSA) is 71.5 Å².